The third-order valence-electron chi connectivity index (χ3n) is 2.35. The molecule has 0 fully saturated rings. The molecule has 1 aromatic carbocycles. The molecule has 0 aliphatic carbocycles. The summed E-state index contributed by atoms with van der Waals surface area (Å²) in [5, 5.41) is 9.56. The minimum atomic E-state index is -0.366. The van der Waals surface area contributed by atoms with Crippen LogP contribution >= 0.6 is 0 Å². The van der Waals surface area contributed by atoms with E-state index in [4.69, 9.17) is 4.74 Å². The molecule has 1 N–H and O–H groups in total. The maximum Gasteiger partial charge on any atom is 0.0779 e. The van der Waals surface area contributed by atoms with E-state index in [1.54, 1.807) is 7.11 Å². The molecular formula is C12H18O2. The SMILES string of the molecule is COCC(O)CC(C)c1ccccc1. The molecule has 0 heterocycles. The summed E-state index contributed by atoms with van der Waals surface area (Å²) in [6.45, 7) is 2.53. The van der Waals surface area contributed by atoms with E-state index in [-0.39, 0.29) is 6.10 Å². The maximum atomic E-state index is 9.56. The molecule has 0 saturated heterocycles. The van der Waals surface area contributed by atoms with E-state index in [1.165, 1.54) is 5.56 Å². The van der Waals surface area contributed by atoms with Gasteiger partial charge in [0.15, 0.2) is 0 Å². The number of aliphatic hydroxyl groups excluding tert-OH is 1. The number of rotatable bonds is 5. The van der Waals surface area contributed by atoms with E-state index in [0.29, 0.717) is 12.5 Å². The van der Waals surface area contributed by atoms with E-state index >= 15 is 0 Å². The number of benzene rings is 1. The van der Waals surface area contributed by atoms with Crippen LogP contribution in [0, 0.1) is 0 Å². The van der Waals surface area contributed by atoms with E-state index < -0.39 is 0 Å². The van der Waals surface area contributed by atoms with Crippen LogP contribution in [0.5, 0.6) is 0 Å². The average Bonchev–Trinajstić information content (AvgIpc) is 2.19. The summed E-state index contributed by atoms with van der Waals surface area (Å²) in [5.41, 5.74) is 1.27. The molecule has 0 aliphatic heterocycles. The zero-order chi connectivity index (χ0) is 10.4. The molecule has 1 aromatic rings. The first-order valence-electron chi connectivity index (χ1n) is 4.96. The highest BCUT2D eigenvalue weighted by atomic mass is 16.5. The standard InChI is InChI=1S/C12H18O2/c1-10(8-12(13)9-14-2)11-6-4-3-5-7-11/h3-7,10,12-13H,8-9H2,1-2H3. The molecule has 0 bridgehead atoms. The van der Waals surface area contributed by atoms with Gasteiger partial charge in [0, 0.05) is 7.11 Å². The quantitative estimate of drug-likeness (QED) is 0.778. The molecule has 78 valence electrons. The molecule has 2 unspecified atom stereocenters. The first kappa shape index (κ1) is 11.2. The summed E-state index contributed by atoms with van der Waals surface area (Å²) in [5.74, 6) is 0.376. The van der Waals surface area contributed by atoms with Gasteiger partial charge in [0.05, 0.1) is 12.7 Å². The summed E-state index contributed by atoms with van der Waals surface area (Å²) < 4.78 is 4.89. The second kappa shape index (κ2) is 5.78. The summed E-state index contributed by atoms with van der Waals surface area (Å²) in [7, 11) is 1.61. The van der Waals surface area contributed by atoms with E-state index in [2.05, 4.69) is 19.1 Å². The number of hydrogen-bond donors (Lipinski definition) is 1. The van der Waals surface area contributed by atoms with Gasteiger partial charge >= 0.3 is 0 Å². The van der Waals surface area contributed by atoms with Gasteiger partial charge in [-0.25, -0.2) is 0 Å². The van der Waals surface area contributed by atoms with Crippen LogP contribution in [0.1, 0.15) is 24.8 Å². The minimum absolute atomic E-state index is 0.366. The lowest BCUT2D eigenvalue weighted by molar-refractivity contribution is 0.0556. The molecule has 2 atom stereocenters. The molecule has 0 radical (unpaired) electrons. The molecule has 2 heteroatoms. The highest BCUT2D eigenvalue weighted by Gasteiger charge is 2.11. The predicted molar refractivity (Wildman–Crippen MR) is 57.4 cm³/mol. The van der Waals surface area contributed by atoms with Crippen LogP contribution in [0.25, 0.3) is 0 Å². The van der Waals surface area contributed by atoms with Gasteiger partial charge in [0.25, 0.3) is 0 Å². The van der Waals surface area contributed by atoms with Crippen LogP contribution in [0.4, 0.5) is 0 Å². The zero-order valence-corrected chi connectivity index (χ0v) is 8.81. The highest BCUT2D eigenvalue weighted by Crippen LogP contribution is 2.20. The van der Waals surface area contributed by atoms with Gasteiger partial charge < -0.3 is 9.84 Å². The Kier molecular flexibility index (Phi) is 4.63. The Hall–Kier alpha value is -0.860. The Morgan fingerprint density at radius 1 is 1.29 bits per heavy atom. The van der Waals surface area contributed by atoms with Crippen LogP contribution in [0.3, 0.4) is 0 Å². The third-order valence-corrected chi connectivity index (χ3v) is 2.35. The Balaban J connectivity index is 2.46. The van der Waals surface area contributed by atoms with Crippen LogP contribution < -0.4 is 0 Å². The van der Waals surface area contributed by atoms with Gasteiger partial charge in [-0.1, -0.05) is 37.3 Å². The van der Waals surface area contributed by atoms with Crippen molar-refractivity contribution in [2.75, 3.05) is 13.7 Å². The molecule has 2 nitrogen and oxygen atoms in total. The van der Waals surface area contributed by atoms with Crippen molar-refractivity contribution in [2.45, 2.75) is 25.4 Å². The van der Waals surface area contributed by atoms with E-state index in [0.717, 1.165) is 6.42 Å². The lowest BCUT2D eigenvalue weighted by atomic mass is 9.95. The van der Waals surface area contributed by atoms with Gasteiger partial charge in [0.1, 0.15) is 0 Å². The number of ether oxygens (including phenoxy) is 1. The molecular weight excluding hydrogens is 176 g/mol. The van der Waals surface area contributed by atoms with Crippen molar-refractivity contribution in [3.63, 3.8) is 0 Å². The van der Waals surface area contributed by atoms with E-state index in [9.17, 15) is 5.11 Å². The fourth-order valence-electron chi connectivity index (χ4n) is 1.59. The number of methoxy groups -OCH3 is 1. The molecule has 0 amide bonds. The Bertz CT molecular complexity index is 246. The normalized spacial score (nSPS) is 15.1. The Morgan fingerprint density at radius 3 is 2.50 bits per heavy atom. The molecule has 14 heavy (non-hydrogen) atoms. The van der Waals surface area contributed by atoms with Crippen molar-refractivity contribution in [1.29, 1.82) is 0 Å². The second-order valence-corrected chi connectivity index (χ2v) is 3.66. The van der Waals surface area contributed by atoms with Crippen molar-refractivity contribution in [3.8, 4) is 0 Å². The topological polar surface area (TPSA) is 29.5 Å². The van der Waals surface area contributed by atoms with Crippen LogP contribution in [0.2, 0.25) is 0 Å². The monoisotopic (exact) mass is 194 g/mol. The summed E-state index contributed by atoms with van der Waals surface area (Å²) in [6.07, 6.45) is 0.382. The first-order chi connectivity index (χ1) is 6.74. The lowest BCUT2D eigenvalue weighted by Crippen LogP contribution is -2.16. The fourth-order valence-corrected chi connectivity index (χ4v) is 1.59. The molecule has 1 rings (SSSR count). The fraction of sp³-hybridized carbons (Fsp3) is 0.500. The largest absolute Gasteiger partial charge is 0.391 e. The van der Waals surface area contributed by atoms with Crippen molar-refractivity contribution in [2.24, 2.45) is 0 Å². The van der Waals surface area contributed by atoms with Gasteiger partial charge in [-0.15, -0.1) is 0 Å². The van der Waals surface area contributed by atoms with Crippen LogP contribution in [-0.4, -0.2) is 24.9 Å². The van der Waals surface area contributed by atoms with Gasteiger partial charge in [-0.05, 0) is 17.9 Å². The average molecular weight is 194 g/mol. The van der Waals surface area contributed by atoms with Crippen molar-refractivity contribution in [1.82, 2.24) is 0 Å². The van der Waals surface area contributed by atoms with Crippen LogP contribution in [0.15, 0.2) is 30.3 Å². The van der Waals surface area contributed by atoms with Crippen molar-refractivity contribution in [3.05, 3.63) is 35.9 Å². The smallest absolute Gasteiger partial charge is 0.0779 e. The van der Waals surface area contributed by atoms with Crippen LogP contribution in [-0.2, 0) is 4.74 Å². The second-order valence-electron chi connectivity index (χ2n) is 3.66. The Labute approximate surface area is 85.5 Å². The molecule has 0 saturated carbocycles. The predicted octanol–water partition coefficient (Wildman–Crippen LogP) is 2.19. The Morgan fingerprint density at radius 2 is 1.93 bits per heavy atom. The van der Waals surface area contributed by atoms with Gasteiger partial charge in [-0.3, -0.25) is 0 Å². The highest BCUT2D eigenvalue weighted by molar-refractivity contribution is 5.18. The third kappa shape index (κ3) is 3.48. The number of aliphatic hydroxyl groups is 1. The summed E-state index contributed by atoms with van der Waals surface area (Å²) >= 11 is 0. The molecule has 0 aliphatic rings. The first-order valence-corrected chi connectivity index (χ1v) is 4.96. The van der Waals surface area contributed by atoms with Crippen molar-refractivity contribution >= 4 is 0 Å². The van der Waals surface area contributed by atoms with Crippen molar-refractivity contribution < 1.29 is 9.84 Å². The van der Waals surface area contributed by atoms with Gasteiger partial charge in [-0.2, -0.15) is 0 Å². The summed E-state index contributed by atoms with van der Waals surface area (Å²) in [6, 6.07) is 10.2. The van der Waals surface area contributed by atoms with E-state index in [1.807, 2.05) is 18.2 Å². The molecule has 0 spiro atoms. The number of hydrogen-bond acceptors (Lipinski definition) is 2. The van der Waals surface area contributed by atoms with Gasteiger partial charge in [0.2, 0.25) is 0 Å². The lowest BCUT2D eigenvalue weighted by Gasteiger charge is -2.15. The minimum Gasteiger partial charge on any atom is -0.391 e. The molecule has 0 aromatic heterocycles. The zero-order valence-electron chi connectivity index (χ0n) is 8.81. The summed E-state index contributed by atoms with van der Waals surface area (Å²) in [4.78, 5) is 0. The maximum absolute atomic E-state index is 9.56.